The van der Waals surface area contributed by atoms with E-state index in [0.29, 0.717) is 10.7 Å². The van der Waals surface area contributed by atoms with E-state index in [1.807, 2.05) is 0 Å². The van der Waals surface area contributed by atoms with Crippen molar-refractivity contribution in [2.24, 2.45) is 0 Å². The highest BCUT2D eigenvalue weighted by atomic mass is 32.2. The second kappa shape index (κ2) is 7.67. The molecule has 0 saturated carbocycles. The summed E-state index contributed by atoms with van der Waals surface area (Å²) >= 11 is 0. The van der Waals surface area contributed by atoms with E-state index in [4.69, 9.17) is 4.74 Å². The summed E-state index contributed by atoms with van der Waals surface area (Å²) in [6.45, 7) is 2.42. The highest BCUT2D eigenvalue weighted by molar-refractivity contribution is 7.91. The maximum absolute atomic E-state index is 13.1. The van der Waals surface area contributed by atoms with Crippen LogP contribution in [-0.2, 0) is 16.0 Å². The third-order valence-corrected chi connectivity index (χ3v) is 5.87. The van der Waals surface area contributed by atoms with Gasteiger partial charge in [0.15, 0.2) is 15.7 Å². The average Bonchev–Trinajstić information content (AvgIpc) is 2.67. The van der Waals surface area contributed by atoms with Gasteiger partial charge in [0.2, 0.25) is 6.36 Å². The molecule has 1 unspecified atom stereocenters. The quantitative estimate of drug-likeness (QED) is 0.560. The monoisotopic (exact) mass is 445 g/mol. The van der Waals surface area contributed by atoms with Crippen molar-refractivity contribution < 1.29 is 30.7 Å². The molecule has 1 aromatic carbocycles. The Morgan fingerprint density at radius 1 is 1.20 bits per heavy atom. The molecule has 7 nitrogen and oxygen atoms in total. The highest BCUT2D eigenvalue weighted by Crippen LogP contribution is 2.31. The highest BCUT2D eigenvalue weighted by Gasteiger charge is 2.31. The summed E-state index contributed by atoms with van der Waals surface area (Å²) < 4.78 is 82.6. The van der Waals surface area contributed by atoms with Crippen molar-refractivity contribution in [2.75, 3.05) is 5.75 Å². The molecule has 0 spiro atoms. The van der Waals surface area contributed by atoms with Crippen LogP contribution >= 0.6 is 0 Å². The summed E-state index contributed by atoms with van der Waals surface area (Å²) in [6.07, 6.45) is -4.32. The third kappa shape index (κ3) is 4.13. The lowest BCUT2D eigenvalue weighted by atomic mass is 10.1. The van der Waals surface area contributed by atoms with E-state index in [2.05, 4.69) is 10.1 Å². The molecule has 0 aliphatic rings. The summed E-state index contributed by atoms with van der Waals surface area (Å²) in [5, 5.41) is 3.66. The number of alkyl halides is 4. The molecule has 160 valence electrons. The zero-order valence-electron chi connectivity index (χ0n) is 15.6. The predicted octanol–water partition coefficient (Wildman–Crippen LogP) is 3.29. The van der Waals surface area contributed by atoms with Crippen LogP contribution in [-0.4, -0.2) is 35.3 Å². The molecule has 0 radical (unpaired) electrons. The third-order valence-electron chi connectivity index (χ3n) is 4.14. The first-order chi connectivity index (χ1) is 13.9. The number of halogens is 4. The molecular formula is C18H15F4N3O4S. The van der Waals surface area contributed by atoms with E-state index >= 15 is 0 Å². The molecule has 12 heteroatoms. The molecule has 1 atom stereocenters. The van der Waals surface area contributed by atoms with E-state index in [1.165, 1.54) is 6.92 Å². The number of pyridine rings is 1. The Morgan fingerprint density at radius 3 is 2.50 bits per heavy atom. The summed E-state index contributed by atoms with van der Waals surface area (Å²) in [6, 6.07) is 3.55. The Kier molecular flexibility index (Phi) is 5.54. The fourth-order valence-corrected chi connectivity index (χ4v) is 3.71. The maximum Gasteiger partial charge on any atom is 0.416 e. The molecule has 0 amide bonds. The lowest BCUT2D eigenvalue weighted by molar-refractivity contribution is -0.137. The first kappa shape index (κ1) is 21.7. The molecule has 0 aliphatic heterocycles. The Morgan fingerprint density at radius 2 is 1.90 bits per heavy atom. The van der Waals surface area contributed by atoms with Gasteiger partial charge in [0.25, 0.3) is 5.56 Å². The number of hydrogen-bond acceptors (Lipinski definition) is 6. The number of ether oxygens (including phenoxy) is 1. The molecule has 30 heavy (non-hydrogen) atoms. The molecule has 0 fully saturated rings. The van der Waals surface area contributed by atoms with Crippen LogP contribution in [0.15, 0.2) is 46.3 Å². The summed E-state index contributed by atoms with van der Waals surface area (Å²) in [5.41, 5.74) is -2.04. The first-order valence-electron chi connectivity index (χ1n) is 8.57. The topological polar surface area (TPSA) is 91.2 Å². The molecule has 0 N–H and O–H groups in total. The fraction of sp³-hybridized carbons (Fsp3) is 0.278. The minimum atomic E-state index is -4.67. The van der Waals surface area contributed by atoms with Crippen molar-refractivity contribution >= 4 is 20.6 Å². The second-order valence-corrected chi connectivity index (χ2v) is 8.47. The average molecular weight is 445 g/mol. The van der Waals surface area contributed by atoms with Crippen LogP contribution in [0.4, 0.5) is 17.6 Å². The zero-order chi connectivity index (χ0) is 22.3. The maximum atomic E-state index is 13.1. The Labute approximate surface area is 167 Å². The van der Waals surface area contributed by atoms with Crippen LogP contribution in [0.3, 0.4) is 0 Å². The van der Waals surface area contributed by atoms with E-state index < -0.39 is 44.2 Å². The second-order valence-electron chi connectivity index (χ2n) is 6.22. The van der Waals surface area contributed by atoms with Crippen LogP contribution in [0, 0.1) is 0 Å². The van der Waals surface area contributed by atoms with E-state index in [1.54, 1.807) is 0 Å². The Hall–Kier alpha value is -3.02. The SMILES string of the molecule is CCS(=O)(=O)c1cc(OC(C)F)cnc1-n1ncc2ccc(C(F)(F)F)cc2c1=O. The van der Waals surface area contributed by atoms with Gasteiger partial charge in [0.1, 0.15) is 10.6 Å². The van der Waals surface area contributed by atoms with Gasteiger partial charge in [-0.3, -0.25) is 4.79 Å². The summed E-state index contributed by atoms with van der Waals surface area (Å²) in [4.78, 5) is 16.2. The number of sulfone groups is 1. The lowest BCUT2D eigenvalue weighted by Crippen LogP contribution is -2.25. The smallest absolute Gasteiger partial charge is 0.416 e. The fourth-order valence-electron chi connectivity index (χ4n) is 2.68. The molecule has 2 aromatic heterocycles. The van der Waals surface area contributed by atoms with Gasteiger partial charge in [-0.2, -0.15) is 23.0 Å². The largest absolute Gasteiger partial charge is 0.459 e. The number of fused-ring (bicyclic) bond motifs is 1. The van der Waals surface area contributed by atoms with E-state index in [-0.39, 0.29) is 22.3 Å². The van der Waals surface area contributed by atoms with Crippen LogP contribution in [0.5, 0.6) is 5.75 Å². The summed E-state index contributed by atoms with van der Waals surface area (Å²) in [7, 11) is -3.98. The van der Waals surface area contributed by atoms with Gasteiger partial charge >= 0.3 is 6.18 Å². The number of nitrogens with zero attached hydrogens (tertiary/aromatic N) is 3. The van der Waals surface area contributed by atoms with Crippen molar-refractivity contribution in [2.45, 2.75) is 31.3 Å². The van der Waals surface area contributed by atoms with Crippen LogP contribution in [0.25, 0.3) is 16.6 Å². The standard InChI is InChI=1S/C18H15F4N3O4S/c1-3-30(27,28)15-7-13(29-10(2)19)9-23-16(15)25-17(26)14-6-12(18(20,21)22)5-4-11(14)8-24-25/h4-10H,3H2,1-2H3. The number of benzene rings is 1. The van der Waals surface area contributed by atoms with Gasteiger partial charge in [-0.15, -0.1) is 0 Å². The molecule has 3 aromatic rings. The van der Waals surface area contributed by atoms with E-state index in [9.17, 15) is 30.8 Å². The minimum absolute atomic E-state index is 0.135. The number of rotatable bonds is 5. The van der Waals surface area contributed by atoms with Crippen molar-refractivity contribution in [1.82, 2.24) is 14.8 Å². The first-order valence-corrected chi connectivity index (χ1v) is 10.2. The Bertz CT molecular complexity index is 1270. The summed E-state index contributed by atoms with van der Waals surface area (Å²) in [5.74, 6) is -1.01. The zero-order valence-corrected chi connectivity index (χ0v) is 16.5. The predicted molar refractivity (Wildman–Crippen MR) is 99.1 cm³/mol. The van der Waals surface area contributed by atoms with Gasteiger partial charge in [0.05, 0.1) is 29.1 Å². The van der Waals surface area contributed by atoms with Gasteiger partial charge in [-0.05, 0) is 12.1 Å². The number of hydrogen-bond donors (Lipinski definition) is 0. The molecule has 0 saturated heterocycles. The lowest BCUT2D eigenvalue weighted by Gasteiger charge is -2.13. The molecule has 2 heterocycles. The van der Waals surface area contributed by atoms with Gasteiger partial charge in [0, 0.05) is 18.4 Å². The van der Waals surface area contributed by atoms with Gasteiger partial charge in [-0.25, -0.2) is 17.8 Å². The molecule has 0 bridgehead atoms. The van der Waals surface area contributed by atoms with E-state index in [0.717, 1.165) is 37.5 Å². The van der Waals surface area contributed by atoms with Gasteiger partial charge in [-0.1, -0.05) is 13.0 Å². The van der Waals surface area contributed by atoms with Crippen LogP contribution < -0.4 is 10.3 Å². The normalized spacial score (nSPS) is 13.4. The van der Waals surface area contributed by atoms with Crippen LogP contribution in [0.2, 0.25) is 0 Å². The van der Waals surface area contributed by atoms with Crippen LogP contribution in [0.1, 0.15) is 19.4 Å². The molecule has 0 aliphatic carbocycles. The van der Waals surface area contributed by atoms with Gasteiger partial charge < -0.3 is 4.74 Å². The number of aromatic nitrogens is 3. The van der Waals surface area contributed by atoms with Crippen molar-refractivity contribution in [3.63, 3.8) is 0 Å². The van der Waals surface area contributed by atoms with Crippen molar-refractivity contribution in [1.29, 1.82) is 0 Å². The van der Waals surface area contributed by atoms with Crippen molar-refractivity contribution in [3.05, 3.63) is 52.6 Å². The molecular weight excluding hydrogens is 430 g/mol. The van der Waals surface area contributed by atoms with Crippen molar-refractivity contribution in [3.8, 4) is 11.6 Å². The molecule has 3 rings (SSSR count). The Balaban J connectivity index is 2.29. The minimum Gasteiger partial charge on any atom is -0.459 e.